The summed E-state index contributed by atoms with van der Waals surface area (Å²) < 4.78 is 0. The molecule has 0 radical (unpaired) electrons. The molecular formula is C25H24Cl2N3O4-. The van der Waals surface area contributed by atoms with Crippen molar-refractivity contribution in [2.24, 2.45) is 5.41 Å². The Kier molecular flexibility index (Phi) is 6.96. The summed E-state index contributed by atoms with van der Waals surface area (Å²) in [5.41, 5.74) is 2.17. The molecule has 4 rings (SSSR count). The Morgan fingerprint density at radius 1 is 1.09 bits per heavy atom. The quantitative estimate of drug-likeness (QED) is 0.599. The largest absolute Gasteiger partial charge is 0.548 e. The SMILES string of the molecule is CC1=C(NC(Cc2ccc(NC(=O)c3c(Cl)cncc3Cl)cc2)C(=O)[O-])C2(CCCCC2)C1=O. The van der Waals surface area contributed by atoms with Crippen molar-refractivity contribution in [2.45, 2.75) is 51.5 Å². The molecule has 0 bridgehead atoms. The third-order valence-corrected chi connectivity index (χ3v) is 7.24. The number of halogens is 2. The molecule has 0 aliphatic heterocycles. The fraction of sp³-hybridized carbons (Fsp3) is 0.360. The fourth-order valence-corrected chi connectivity index (χ4v) is 5.45. The molecule has 2 aliphatic rings. The van der Waals surface area contributed by atoms with Crippen molar-refractivity contribution >= 4 is 46.5 Å². The number of benzene rings is 1. The highest BCUT2D eigenvalue weighted by molar-refractivity contribution is 6.40. The number of carboxylic acid groups (broad SMARTS) is 1. The van der Waals surface area contributed by atoms with E-state index in [9.17, 15) is 19.5 Å². The highest BCUT2D eigenvalue weighted by Gasteiger charge is 2.52. The molecule has 2 aliphatic carbocycles. The van der Waals surface area contributed by atoms with Gasteiger partial charge in [-0.15, -0.1) is 0 Å². The topological polar surface area (TPSA) is 111 Å². The van der Waals surface area contributed by atoms with E-state index in [-0.39, 0.29) is 27.8 Å². The first-order valence-electron chi connectivity index (χ1n) is 11.2. The Bertz CT molecular complexity index is 1150. The molecule has 1 aromatic heterocycles. The van der Waals surface area contributed by atoms with Gasteiger partial charge in [-0.2, -0.15) is 0 Å². The molecular weight excluding hydrogens is 477 g/mol. The van der Waals surface area contributed by atoms with Gasteiger partial charge in [0.2, 0.25) is 0 Å². The lowest BCUT2D eigenvalue weighted by Gasteiger charge is -2.47. The standard InChI is InChI=1S/C25H25Cl2N3O4/c1-14-21(25(22(14)31)9-3-2-4-10-25)30-19(24(33)34)11-15-5-7-16(8-6-15)29-23(32)20-17(26)12-28-13-18(20)27/h5-8,12-13,19,30H,2-4,9-11H2,1H3,(H,29,32)(H,33,34)/p-1. The normalized spacial score (nSPS) is 17.8. The molecule has 1 saturated carbocycles. The summed E-state index contributed by atoms with van der Waals surface area (Å²) in [7, 11) is 0. The van der Waals surface area contributed by atoms with Crippen molar-refractivity contribution in [1.82, 2.24) is 10.3 Å². The summed E-state index contributed by atoms with van der Waals surface area (Å²) >= 11 is 12.1. The number of carboxylic acids is 1. The number of carbonyl (C=O) groups is 3. The average molecular weight is 501 g/mol. The van der Waals surface area contributed by atoms with Gasteiger partial charge < -0.3 is 20.5 Å². The maximum Gasteiger partial charge on any atom is 0.258 e. The van der Waals surface area contributed by atoms with Crippen LogP contribution < -0.4 is 15.7 Å². The zero-order chi connectivity index (χ0) is 24.5. The molecule has 1 unspecified atom stereocenters. The summed E-state index contributed by atoms with van der Waals surface area (Å²) in [6.07, 6.45) is 7.36. The zero-order valence-corrected chi connectivity index (χ0v) is 20.1. The first-order chi connectivity index (χ1) is 16.2. The highest BCUT2D eigenvalue weighted by atomic mass is 35.5. The van der Waals surface area contributed by atoms with Gasteiger partial charge in [-0.3, -0.25) is 14.6 Å². The summed E-state index contributed by atoms with van der Waals surface area (Å²) in [4.78, 5) is 40.9. The van der Waals surface area contributed by atoms with Gasteiger partial charge >= 0.3 is 0 Å². The van der Waals surface area contributed by atoms with Gasteiger partial charge in [-0.1, -0.05) is 54.6 Å². The van der Waals surface area contributed by atoms with Crippen molar-refractivity contribution in [3.05, 3.63) is 69.1 Å². The minimum Gasteiger partial charge on any atom is -0.548 e. The third kappa shape index (κ3) is 4.55. The number of aliphatic carboxylic acids is 1. The van der Waals surface area contributed by atoms with E-state index < -0.39 is 23.3 Å². The smallest absolute Gasteiger partial charge is 0.258 e. The lowest BCUT2D eigenvalue weighted by atomic mass is 9.59. The van der Waals surface area contributed by atoms with E-state index in [2.05, 4.69) is 15.6 Å². The van der Waals surface area contributed by atoms with E-state index in [0.717, 1.165) is 43.4 Å². The Labute approximate surface area is 207 Å². The molecule has 2 aromatic rings. The molecule has 0 saturated heterocycles. The van der Waals surface area contributed by atoms with Crippen LogP contribution in [0.5, 0.6) is 0 Å². The van der Waals surface area contributed by atoms with Crippen LogP contribution >= 0.6 is 23.2 Å². The second-order valence-corrected chi connectivity index (χ2v) is 9.64. The van der Waals surface area contributed by atoms with Crippen molar-refractivity contribution in [2.75, 3.05) is 5.32 Å². The zero-order valence-electron chi connectivity index (χ0n) is 18.6. The van der Waals surface area contributed by atoms with E-state index in [1.807, 2.05) is 0 Å². The van der Waals surface area contributed by atoms with E-state index in [1.165, 1.54) is 12.4 Å². The number of anilines is 1. The summed E-state index contributed by atoms with van der Waals surface area (Å²) in [6.45, 7) is 1.75. The average Bonchev–Trinajstić information content (AvgIpc) is 2.82. The molecule has 1 heterocycles. The number of pyridine rings is 1. The molecule has 1 atom stereocenters. The number of allylic oxidation sites excluding steroid dienone is 2. The van der Waals surface area contributed by atoms with Crippen LogP contribution in [-0.4, -0.2) is 28.7 Å². The number of nitrogens with one attached hydrogen (secondary N) is 2. The van der Waals surface area contributed by atoms with Gasteiger partial charge in [0.05, 0.1) is 33.0 Å². The fourth-order valence-electron chi connectivity index (χ4n) is 4.91. The number of hydrogen-bond acceptors (Lipinski definition) is 6. The van der Waals surface area contributed by atoms with Gasteiger partial charge in [0.15, 0.2) is 5.78 Å². The second kappa shape index (κ2) is 9.76. The van der Waals surface area contributed by atoms with Crippen molar-refractivity contribution in [3.63, 3.8) is 0 Å². The number of hydrogen-bond donors (Lipinski definition) is 2. The van der Waals surface area contributed by atoms with E-state index in [0.29, 0.717) is 11.3 Å². The maximum atomic E-state index is 12.6. The van der Waals surface area contributed by atoms with Crippen LogP contribution in [0, 0.1) is 5.41 Å². The Morgan fingerprint density at radius 2 is 1.71 bits per heavy atom. The van der Waals surface area contributed by atoms with Gasteiger partial charge in [-0.05, 0) is 43.9 Å². The van der Waals surface area contributed by atoms with Crippen LogP contribution in [0.3, 0.4) is 0 Å². The number of nitrogens with zero attached hydrogens (tertiary/aromatic N) is 1. The summed E-state index contributed by atoms with van der Waals surface area (Å²) in [5, 5.41) is 18.0. The number of amides is 1. The van der Waals surface area contributed by atoms with Gasteiger partial charge in [-0.25, -0.2) is 0 Å². The predicted molar refractivity (Wildman–Crippen MR) is 128 cm³/mol. The molecule has 2 N–H and O–H groups in total. The van der Waals surface area contributed by atoms with E-state index in [4.69, 9.17) is 23.2 Å². The molecule has 9 heteroatoms. The summed E-state index contributed by atoms with van der Waals surface area (Å²) in [5.74, 6) is -1.58. The lowest BCUT2D eigenvalue weighted by molar-refractivity contribution is -0.308. The third-order valence-electron chi connectivity index (χ3n) is 6.67. The first-order valence-corrected chi connectivity index (χ1v) is 11.9. The second-order valence-electron chi connectivity index (χ2n) is 8.82. The number of carbonyl (C=O) groups excluding carboxylic acids is 3. The van der Waals surface area contributed by atoms with Crippen LogP contribution in [-0.2, 0) is 16.0 Å². The Balaban J connectivity index is 1.45. The maximum absolute atomic E-state index is 12.6. The highest BCUT2D eigenvalue weighted by Crippen LogP contribution is 2.51. The van der Waals surface area contributed by atoms with Crippen LogP contribution in [0.25, 0.3) is 0 Å². The lowest BCUT2D eigenvalue weighted by Crippen LogP contribution is -2.56. The monoisotopic (exact) mass is 500 g/mol. The number of ketones is 1. The van der Waals surface area contributed by atoms with Crippen molar-refractivity contribution in [3.8, 4) is 0 Å². The number of aromatic nitrogens is 1. The molecule has 1 fully saturated rings. The molecule has 1 spiro atoms. The molecule has 7 nitrogen and oxygen atoms in total. The van der Waals surface area contributed by atoms with Crippen LogP contribution in [0.2, 0.25) is 10.0 Å². The predicted octanol–water partition coefficient (Wildman–Crippen LogP) is 3.70. The molecule has 34 heavy (non-hydrogen) atoms. The number of rotatable bonds is 7. The minimum atomic E-state index is -1.23. The molecule has 1 aromatic carbocycles. The van der Waals surface area contributed by atoms with Crippen LogP contribution in [0.4, 0.5) is 5.69 Å². The van der Waals surface area contributed by atoms with Gasteiger partial charge in [0, 0.05) is 29.4 Å². The van der Waals surface area contributed by atoms with Crippen molar-refractivity contribution < 1.29 is 19.5 Å². The molecule has 1 amide bonds. The minimum absolute atomic E-state index is 0.124. The number of Topliss-reactive ketones (excluding diaryl/α,β-unsaturated/α-hetero) is 1. The summed E-state index contributed by atoms with van der Waals surface area (Å²) in [6, 6.07) is 5.82. The van der Waals surface area contributed by atoms with E-state index in [1.54, 1.807) is 31.2 Å². The Morgan fingerprint density at radius 3 is 2.29 bits per heavy atom. The van der Waals surface area contributed by atoms with Gasteiger partial charge in [0.25, 0.3) is 5.91 Å². The van der Waals surface area contributed by atoms with Gasteiger partial charge in [0.1, 0.15) is 0 Å². The van der Waals surface area contributed by atoms with Crippen molar-refractivity contribution in [1.29, 1.82) is 0 Å². The van der Waals surface area contributed by atoms with Crippen LogP contribution in [0.1, 0.15) is 54.9 Å². The Hall–Kier alpha value is -2.90. The van der Waals surface area contributed by atoms with Crippen LogP contribution in [0.15, 0.2) is 47.9 Å². The molecule has 178 valence electrons. The first kappa shape index (κ1) is 24.2. The van der Waals surface area contributed by atoms with E-state index >= 15 is 0 Å².